The minimum atomic E-state index is -1.26. The minimum absolute atomic E-state index is 0.000756. The molecule has 0 spiro atoms. The van der Waals surface area contributed by atoms with E-state index in [1.807, 2.05) is 62.5 Å². The Morgan fingerprint density at radius 2 is 1.65 bits per heavy atom. The maximum atomic E-state index is 14.1. The number of nitrogens with zero attached hydrogens (tertiary/aromatic N) is 3. The van der Waals surface area contributed by atoms with Crippen molar-refractivity contribution in [1.29, 1.82) is 0 Å². The summed E-state index contributed by atoms with van der Waals surface area (Å²) in [5, 5.41) is 23.5. The van der Waals surface area contributed by atoms with E-state index in [-0.39, 0.29) is 30.9 Å². The lowest BCUT2D eigenvalue weighted by Gasteiger charge is -2.31. The third-order valence-corrected chi connectivity index (χ3v) is 10.3. The standard InChI is InChI=1S/C39H52N6O5S2/c1-6-17-45(22-31-24-51-37(42-31)27(4)5)38(48)44-35(26(2)3)36(47)41-30(18-28-13-9-7-10-14-28)20-34(46)33(19-29-15-11-8-12-16-29)43-39(49)50-23-32-21-40-25-52-32/h7-16,21,24-27,30,33-35,46H,6,17-20,22-23H2,1-5H3,(H,41,47)(H,43,49)(H,44,48)/t30-,33-,34-,35-/m0/s1/i19D/t19?,30-,33-,34-,35-. The molecule has 4 aromatic rings. The number of aliphatic hydroxyl groups excluding tert-OH is 1. The van der Waals surface area contributed by atoms with Crippen molar-refractivity contribution in [1.82, 2.24) is 30.8 Å². The van der Waals surface area contributed by atoms with Crippen molar-refractivity contribution in [3.8, 4) is 0 Å². The van der Waals surface area contributed by atoms with Gasteiger partial charge in [-0.05, 0) is 42.7 Å². The number of alkyl carbamates (subject to hydrolysis) is 1. The second kappa shape index (κ2) is 20.6. The smallest absolute Gasteiger partial charge is 0.407 e. The molecule has 0 aliphatic heterocycles. The minimum Gasteiger partial charge on any atom is -0.444 e. The first kappa shape index (κ1) is 38.9. The fourth-order valence-electron chi connectivity index (χ4n) is 5.61. The van der Waals surface area contributed by atoms with Gasteiger partial charge >= 0.3 is 12.1 Å². The van der Waals surface area contributed by atoms with Gasteiger partial charge in [0, 0.05) is 31.5 Å². The molecule has 4 amide bonds. The van der Waals surface area contributed by atoms with Crippen molar-refractivity contribution in [2.75, 3.05) is 6.54 Å². The number of aliphatic hydroxyl groups is 1. The van der Waals surface area contributed by atoms with E-state index in [9.17, 15) is 19.5 Å². The zero-order valence-corrected chi connectivity index (χ0v) is 32.2. The number of carbonyl (C=O) groups excluding carboxylic acids is 3. The average molecular weight is 750 g/mol. The maximum Gasteiger partial charge on any atom is 0.407 e. The monoisotopic (exact) mass is 749 g/mol. The zero-order valence-electron chi connectivity index (χ0n) is 31.5. The van der Waals surface area contributed by atoms with E-state index < -0.39 is 42.6 Å². The van der Waals surface area contributed by atoms with Gasteiger partial charge in [-0.15, -0.1) is 22.7 Å². The van der Waals surface area contributed by atoms with Gasteiger partial charge in [0.2, 0.25) is 5.91 Å². The van der Waals surface area contributed by atoms with Gasteiger partial charge in [-0.25, -0.2) is 14.6 Å². The largest absolute Gasteiger partial charge is 0.444 e. The van der Waals surface area contributed by atoms with Crippen molar-refractivity contribution in [2.45, 2.75) is 104 Å². The number of ether oxygens (including phenoxy) is 1. The summed E-state index contributed by atoms with van der Waals surface area (Å²) in [6.45, 7) is 10.7. The van der Waals surface area contributed by atoms with E-state index in [2.05, 4.69) is 34.8 Å². The van der Waals surface area contributed by atoms with Crippen LogP contribution in [-0.2, 0) is 35.5 Å². The second-order valence-electron chi connectivity index (χ2n) is 13.4. The molecule has 0 saturated carbocycles. The third-order valence-electron chi connectivity index (χ3n) is 8.32. The Morgan fingerprint density at radius 3 is 2.25 bits per heavy atom. The molecule has 5 atom stereocenters. The highest BCUT2D eigenvalue weighted by atomic mass is 32.1. The molecular weight excluding hydrogens is 697 g/mol. The predicted octanol–water partition coefficient (Wildman–Crippen LogP) is 6.69. The summed E-state index contributed by atoms with van der Waals surface area (Å²) in [4.78, 5) is 51.9. The van der Waals surface area contributed by atoms with Crippen LogP contribution < -0.4 is 16.0 Å². The van der Waals surface area contributed by atoms with Crippen LogP contribution in [0.25, 0.3) is 0 Å². The molecule has 0 radical (unpaired) electrons. The van der Waals surface area contributed by atoms with E-state index in [4.69, 9.17) is 11.1 Å². The SMILES string of the molecule is [2H]C(c1ccccc1)[C@H](NC(=O)OCc1cncs1)[C@@H](O)C[C@H](Cc1ccccc1)NC(=O)[C@@H](NC(=O)N(CCC)Cc1csc(C(C)C)n1)C(C)C. The average Bonchev–Trinajstić information content (AvgIpc) is 3.85. The van der Waals surface area contributed by atoms with Crippen LogP contribution in [0.1, 0.15) is 81.5 Å². The van der Waals surface area contributed by atoms with E-state index in [0.29, 0.717) is 25.1 Å². The molecule has 11 nitrogen and oxygen atoms in total. The normalized spacial score (nSPS) is 14.5. The van der Waals surface area contributed by atoms with Gasteiger partial charge in [-0.1, -0.05) is 95.3 Å². The molecule has 2 heterocycles. The van der Waals surface area contributed by atoms with Crippen molar-refractivity contribution in [3.63, 3.8) is 0 Å². The molecule has 280 valence electrons. The van der Waals surface area contributed by atoms with E-state index in [0.717, 1.165) is 27.6 Å². The second-order valence-corrected chi connectivity index (χ2v) is 15.3. The highest BCUT2D eigenvalue weighted by molar-refractivity contribution is 7.09. The number of carbonyl (C=O) groups is 3. The summed E-state index contributed by atoms with van der Waals surface area (Å²) < 4.78 is 14.5. The van der Waals surface area contributed by atoms with Gasteiger partial charge in [0.25, 0.3) is 0 Å². The Bertz CT molecular complexity index is 1690. The van der Waals surface area contributed by atoms with Crippen LogP contribution in [-0.4, -0.2) is 68.8 Å². The van der Waals surface area contributed by atoms with Crippen molar-refractivity contribution in [2.24, 2.45) is 5.92 Å². The topological polar surface area (TPSA) is 146 Å². The van der Waals surface area contributed by atoms with E-state index in [1.165, 1.54) is 11.3 Å². The van der Waals surface area contributed by atoms with Gasteiger partial charge in [0.15, 0.2) is 0 Å². The first-order valence-corrected chi connectivity index (χ1v) is 19.5. The Morgan fingerprint density at radius 1 is 0.962 bits per heavy atom. The number of hydrogen-bond donors (Lipinski definition) is 4. The molecule has 2 aromatic carbocycles. The molecule has 4 N–H and O–H groups in total. The van der Waals surface area contributed by atoms with Crippen molar-refractivity contribution < 1.29 is 25.6 Å². The molecule has 52 heavy (non-hydrogen) atoms. The number of urea groups is 1. The molecule has 0 aliphatic rings. The lowest BCUT2D eigenvalue weighted by molar-refractivity contribution is -0.124. The summed E-state index contributed by atoms with van der Waals surface area (Å²) in [6, 6.07) is 15.6. The Kier molecular flexibility index (Phi) is 15.4. The molecule has 1 unspecified atom stereocenters. The third kappa shape index (κ3) is 13.0. The number of aromatic nitrogens is 2. The van der Waals surface area contributed by atoms with Gasteiger partial charge in [0.1, 0.15) is 12.6 Å². The molecular formula is C39H52N6O5S2. The fourth-order valence-corrected chi connectivity index (χ4v) is 6.94. The summed E-state index contributed by atoms with van der Waals surface area (Å²) >= 11 is 2.92. The van der Waals surface area contributed by atoms with Crippen molar-refractivity contribution >= 4 is 40.7 Å². The predicted molar refractivity (Wildman–Crippen MR) is 206 cm³/mol. The quantitative estimate of drug-likeness (QED) is 0.0837. The number of nitrogens with one attached hydrogen (secondary N) is 3. The molecule has 0 bridgehead atoms. The summed E-state index contributed by atoms with van der Waals surface area (Å²) in [7, 11) is 0. The van der Waals surface area contributed by atoms with Gasteiger partial charge < -0.3 is 30.7 Å². The lowest BCUT2D eigenvalue weighted by Crippen LogP contribution is -2.56. The Balaban J connectivity index is 1.52. The molecule has 0 fully saturated rings. The summed E-state index contributed by atoms with van der Waals surface area (Å²) in [5.74, 6) is -0.361. The van der Waals surface area contributed by atoms with Gasteiger partial charge in [0.05, 0.1) is 39.8 Å². The van der Waals surface area contributed by atoms with Gasteiger partial charge in [-0.2, -0.15) is 0 Å². The first-order chi connectivity index (χ1) is 25.4. The first-order valence-electron chi connectivity index (χ1n) is 18.3. The molecule has 4 rings (SSSR count). The Labute approximate surface area is 316 Å². The number of thiazole rings is 2. The maximum absolute atomic E-state index is 14.1. The molecule has 2 aromatic heterocycles. The van der Waals surface area contributed by atoms with Gasteiger partial charge in [-0.3, -0.25) is 9.78 Å². The molecule has 0 aliphatic carbocycles. The zero-order chi connectivity index (χ0) is 38.3. The van der Waals surface area contributed by atoms with Crippen molar-refractivity contribution in [3.05, 3.63) is 104 Å². The van der Waals surface area contributed by atoms with E-state index >= 15 is 0 Å². The van der Waals surface area contributed by atoms with Crippen LogP contribution in [0.4, 0.5) is 9.59 Å². The molecule has 0 saturated heterocycles. The van der Waals surface area contributed by atoms with Crippen LogP contribution in [0.2, 0.25) is 0 Å². The number of rotatable bonds is 19. The summed E-state index contributed by atoms with van der Waals surface area (Å²) in [5.41, 5.74) is 3.97. The van der Waals surface area contributed by atoms with Crippen LogP contribution in [0.15, 0.2) is 77.8 Å². The highest BCUT2D eigenvalue weighted by Gasteiger charge is 2.31. The lowest BCUT2D eigenvalue weighted by atomic mass is 9.93. The van der Waals surface area contributed by atoms with Crippen LogP contribution >= 0.6 is 22.7 Å². The fraction of sp³-hybridized carbons (Fsp3) is 0.462. The van der Waals surface area contributed by atoms with Crippen LogP contribution in [0, 0.1) is 5.92 Å². The number of benzene rings is 2. The highest BCUT2D eigenvalue weighted by Crippen LogP contribution is 2.21. The number of hydrogen-bond acceptors (Lipinski definition) is 9. The number of amides is 4. The van der Waals surface area contributed by atoms with Crippen LogP contribution in [0.5, 0.6) is 0 Å². The summed E-state index contributed by atoms with van der Waals surface area (Å²) in [6.07, 6.45) is -0.375. The Hall–Kier alpha value is -4.33. The van der Waals surface area contributed by atoms with E-state index in [1.54, 1.807) is 52.2 Å². The van der Waals surface area contributed by atoms with Crippen LogP contribution in [0.3, 0.4) is 0 Å². The molecule has 13 heteroatoms.